The van der Waals surface area contributed by atoms with E-state index < -0.39 is 7.94 Å². The van der Waals surface area contributed by atoms with Crippen molar-refractivity contribution in [2.75, 3.05) is 6.16 Å². The summed E-state index contributed by atoms with van der Waals surface area (Å²) >= 11 is 0. The Morgan fingerprint density at radius 1 is 0.533 bits per heavy atom. The van der Waals surface area contributed by atoms with Crippen molar-refractivity contribution in [2.45, 2.75) is 182 Å². The van der Waals surface area contributed by atoms with Crippen molar-refractivity contribution in [3.05, 3.63) is 57.6 Å². The first-order valence-electron chi connectivity index (χ1n) is 18.0. The van der Waals surface area contributed by atoms with Gasteiger partial charge in [-0.05, 0) is 45.6 Å². The van der Waals surface area contributed by atoms with Crippen molar-refractivity contribution in [2.24, 2.45) is 0 Å². The Morgan fingerprint density at radius 3 is 1.22 bits per heavy atom. The first-order chi connectivity index (χ1) is 20.7. The van der Waals surface area contributed by atoms with Gasteiger partial charge in [0.2, 0.25) is 0 Å². The van der Waals surface area contributed by atoms with E-state index in [9.17, 15) is 4.89 Å². The molecule has 0 aromatic heterocycles. The molecule has 0 amide bonds. The fourth-order valence-electron chi connectivity index (χ4n) is 6.24. The van der Waals surface area contributed by atoms with Gasteiger partial charge < -0.3 is 0 Å². The number of unbranched alkanes of at least 4 members (excludes halogenated alkanes) is 9. The zero-order valence-corrected chi connectivity index (χ0v) is 32.4. The van der Waals surface area contributed by atoms with Crippen LogP contribution in [-0.4, -0.2) is 11.1 Å². The molecule has 254 valence electrons. The van der Waals surface area contributed by atoms with Crippen molar-refractivity contribution in [1.82, 2.24) is 0 Å². The number of benzene rings is 2. The van der Waals surface area contributed by atoms with E-state index in [1.807, 2.05) is 0 Å². The third kappa shape index (κ3) is 10.5. The topological polar surface area (TPSA) is 38.7 Å². The summed E-state index contributed by atoms with van der Waals surface area (Å²) in [4.78, 5) is 12.5. The van der Waals surface area contributed by atoms with E-state index in [0.717, 1.165) is 46.6 Å². The molecular weight excluding hydrogens is 571 g/mol. The highest BCUT2D eigenvalue weighted by molar-refractivity contribution is 7.61. The van der Waals surface area contributed by atoms with E-state index in [-0.39, 0.29) is 21.7 Å². The van der Waals surface area contributed by atoms with Crippen molar-refractivity contribution in [1.29, 1.82) is 0 Å². The van der Waals surface area contributed by atoms with Gasteiger partial charge in [-0.3, -0.25) is 9.05 Å². The zero-order chi connectivity index (χ0) is 33.8. The van der Waals surface area contributed by atoms with Crippen LogP contribution < -0.4 is 9.05 Å². The minimum Gasteiger partial charge on any atom is -0.277 e. The molecule has 1 aliphatic heterocycles. The molecule has 0 unspecified atom stereocenters. The summed E-state index contributed by atoms with van der Waals surface area (Å²) in [6.45, 7) is 29.5. The lowest BCUT2D eigenvalue weighted by Gasteiger charge is -2.33. The van der Waals surface area contributed by atoms with E-state index in [1.165, 1.54) is 62.5 Å². The van der Waals surface area contributed by atoms with Gasteiger partial charge in [-0.25, -0.2) is 0 Å². The first-order valence-corrected chi connectivity index (χ1v) is 19.8. The van der Waals surface area contributed by atoms with E-state index >= 15 is 0 Å². The van der Waals surface area contributed by atoms with Gasteiger partial charge in [-0.15, -0.1) is 0 Å². The lowest BCUT2D eigenvalue weighted by atomic mass is 9.76. The predicted molar refractivity (Wildman–Crippen MR) is 198 cm³/mol. The van der Waals surface area contributed by atoms with Gasteiger partial charge in [0.05, 0.1) is 0 Å². The molecule has 0 radical (unpaired) electrons. The van der Waals surface area contributed by atoms with E-state index in [0.29, 0.717) is 12.6 Å². The second kappa shape index (κ2) is 14.7. The van der Waals surface area contributed by atoms with Crippen LogP contribution in [0.4, 0.5) is 0 Å². The maximum Gasteiger partial charge on any atom is 0.495 e. The molecule has 1 heterocycles. The molecule has 0 saturated carbocycles. The summed E-state index contributed by atoms with van der Waals surface area (Å²) in [5.74, 6) is 1.67. The molecule has 45 heavy (non-hydrogen) atoms. The Balaban J connectivity index is 2.08. The second-order valence-electron chi connectivity index (χ2n) is 17.9. The van der Waals surface area contributed by atoms with E-state index in [4.69, 9.17) is 9.05 Å². The molecule has 2 aromatic carbocycles. The van der Waals surface area contributed by atoms with Crippen LogP contribution in [0.2, 0.25) is 0 Å². The molecule has 0 aliphatic carbocycles. The van der Waals surface area contributed by atoms with Gasteiger partial charge in [-0.2, -0.15) is 4.89 Å². The second-order valence-corrected chi connectivity index (χ2v) is 20.0. The summed E-state index contributed by atoms with van der Waals surface area (Å²) in [7, 11) is -3.28. The lowest BCUT2D eigenvalue weighted by molar-refractivity contribution is 0.329. The van der Waals surface area contributed by atoms with Gasteiger partial charge in [-0.1, -0.05) is 166 Å². The molecule has 1 aliphatic rings. The standard InChI is InChI=1S/C41H68O3P/c1-14-15-16-17-18-19-20-21-22-23-24-45(42)43-36-30(26-32(38(2,3)4)28-34(36)40(8,9)10)25-31-27-33(39(5,6)7)29-35(37(31)44-45)41(11,12)13/h26-29,42H,14-25H2,1-13H3/q+1. The molecule has 4 heteroatoms. The van der Waals surface area contributed by atoms with Crippen molar-refractivity contribution in [3.63, 3.8) is 0 Å². The number of hydrogen-bond donors (Lipinski definition) is 1. The quantitative estimate of drug-likeness (QED) is 0.196. The van der Waals surface area contributed by atoms with Crippen LogP contribution in [0.15, 0.2) is 24.3 Å². The highest BCUT2D eigenvalue weighted by Crippen LogP contribution is 2.62. The number of fused-ring (bicyclic) bond motifs is 2. The maximum atomic E-state index is 12.5. The fraction of sp³-hybridized carbons (Fsp3) is 0.707. The normalized spacial score (nSPS) is 15.4. The lowest BCUT2D eigenvalue weighted by Crippen LogP contribution is -2.25. The monoisotopic (exact) mass is 639 g/mol. The average molecular weight is 640 g/mol. The SMILES string of the molecule is CCCCCCCCCCCC[P+]1(O)Oc2c(cc(C(C)(C)C)cc2C(C)(C)C)Cc2cc(C(C)(C)C)cc(C(C)(C)C)c2O1. The van der Waals surface area contributed by atoms with Gasteiger partial charge in [0.15, 0.2) is 17.7 Å². The van der Waals surface area contributed by atoms with Crippen LogP contribution in [0.5, 0.6) is 11.5 Å². The molecule has 3 rings (SSSR count). The third-order valence-corrected chi connectivity index (χ3v) is 11.1. The van der Waals surface area contributed by atoms with E-state index in [2.05, 4.69) is 114 Å². The summed E-state index contributed by atoms with van der Waals surface area (Å²) in [5.41, 5.74) is 6.90. The zero-order valence-electron chi connectivity index (χ0n) is 31.5. The number of hydrogen-bond acceptors (Lipinski definition) is 3. The summed E-state index contributed by atoms with van der Waals surface area (Å²) in [6, 6.07) is 9.31. The first kappa shape index (κ1) is 37.9. The van der Waals surface area contributed by atoms with Crippen LogP contribution >= 0.6 is 7.94 Å². The Kier molecular flexibility index (Phi) is 12.4. The highest BCUT2D eigenvalue weighted by atomic mass is 31.2. The molecular formula is C41H68O3P+. The van der Waals surface area contributed by atoms with Gasteiger partial charge in [0, 0.05) is 28.7 Å². The molecule has 1 N–H and O–H groups in total. The molecule has 0 atom stereocenters. The summed E-state index contributed by atoms with van der Waals surface area (Å²) in [6.07, 6.45) is 13.8. The minimum atomic E-state index is -3.28. The third-order valence-electron chi connectivity index (χ3n) is 9.32. The summed E-state index contributed by atoms with van der Waals surface area (Å²) in [5, 5.41) is 0. The average Bonchev–Trinajstić information content (AvgIpc) is 2.88. The highest BCUT2D eigenvalue weighted by Gasteiger charge is 2.48. The molecule has 0 fully saturated rings. The molecule has 0 saturated heterocycles. The van der Waals surface area contributed by atoms with Crippen LogP contribution in [-0.2, 0) is 28.1 Å². The number of rotatable bonds is 11. The Morgan fingerprint density at radius 2 is 0.889 bits per heavy atom. The Hall–Kier alpha value is -1.57. The van der Waals surface area contributed by atoms with Crippen LogP contribution in [0.3, 0.4) is 0 Å². The van der Waals surface area contributed by atoms with Crippen molar-refractivity contribution < 1.29 is 13.9 Å². The molecule has 2 aromatic rings. The summed E-state index contributed by atoms with van der Waals surface area (Å²) < 4.78 is 13.8. The van der Waals surface area contributed by atoms with Gasteiger partial charge in [0.1, 0.15) is 0 Å². The predicted octanol–water partition coefficient (Wildman–Crippen LogP) is 12.9. The smallest absolute Gasteiger partial charge is 0.277 e. The molecule has 3 nitrogen and oxygen atoms in total. The fourth-order valence-corrected chi connectivity index (χ4v) is 8.08. The van der Waals surface area contributed by atoms with E-state index in [1.54, 1.807) is 0 Å². The molecule has 0 spiro atoms. The Labute approximate surface area is 278 Å². The van der Waals surface area contributed by atoms with Gasteiger partial charge >= 0.3 is 7.94 Å². The van der Waals surface area contributed by atoms with Crippen molar-refractivity contribution in [3.8, 4) is 11.5 Å². The Bertz CT molecular complexity index is 1180. The molecule has 0 bridgehead atoms. The van der Waals surface area contributed by atoms with Crippen LogP contribution in [0.25, 0.3) is 0 Å². The van der Waals surface area contributed by atoms with Crippen LogP contribution in [0, 0.1) is 0 Å². The maximum absolute atomic E-state index is 12.5. The van der Waals surface area contributed by atoms with Gasteiger partial charge in [0.25, 0.3) is 0 Å². The van der Waals surface area contributed by atoms with Crippen molar-refractivity contribution >= 4 is 7.94 Å². The van der Waals surface area contributed by atoms with Crippen LogP contribution in [0.1, 0.15) is 188 Å². The minimum absolute atomic E-state index is 0.0119. The largest absolute Gasteiger partial charge is 0.495 e.